The summed E-state index contributed by atoms with van der Waals surface area (Å²) in [7, 11) is -2.52. The Morgan fingerprint density at radius 2 is 2.16 bits per heavy atom. The highest BCUT2D eigenvalue weighted by Crippen LogP contribution is 2.57. The maximum atomic E-state index is 15.8. The summed E-state index contributed by atoms with van der Waals surface area (Å²) in [5.41, 5.74) is 4.61. The van der Waals surface area contributed by atoms with Crippen molar-refractivity contribution in [2.75, 3.05) is 18.0 Å². The van der Waals surface area contributed by atoms with Crippen LogP contribution in [0.2, 0.25) is 5.02 Å². The van der Waals surface area contributed by atoms with E-state index < -0.39 is 20.7 Å². The summed E-state index contributed by atoms with van der Waals surface area (Å²) in [6.45, 7) is 9.42. The van der Waals surface area contributed by atoms with Crippen molar-refractivity contribution < 1.29 is 9.32 Å². The zero-order valence-electron chi connectivity index (χ0n) is 22.0. The van der Waals surface area contributed by atoms with Crippen molar-refractivity contribution >= 4 is 55.6 Å². The van der Waals surface area contributed by atoms with Gasteiger partial charge in [-0.15, -0.1) is 0 Å². The van der Waals surface area contributed by atoms with Crippen molar-refractivity contribution in [3.8, 4) is 0 Å². The molecule has 5 nitrogen and oxygen atoms in total. The minimum Gasteiger partial charge on any atom is -0.412 e. The maximum Gasteiger partial charge on any atom is 0.160 e. The second-order valence-electron chi connectivity index (χ2n) is 12.4. The standard InChI is InChI=1S/C28H35ClN3O2PS2/c1-17-6-9-31-19-13-28(7-5-8-28)32(14-19)37(34,27(2,3)4)35-16-30-24(26-23(35)12-20(15-33)36-26)22-11-18(29)10-21(17)25(22)31/h10-12,16-17,19,33H,5-9,13-15H2,1-4H3/t17-,19+,37?/m0/s1. The zero-order chi connectivity index (χ0) is 25.9. The summed E-state index contributed by atoms with van der Waals surface area (Å²) >= 11 is 8.39. The van der Waals surface area contributed by atoms with E-state index in [4.69, 9.17) is 16.6 Å². The highest BCUT2D eigenvalue weighted by atomic mass is 35.5. The number of hydrogen-bond donors (Lipinski definition) is 1. The first kappa shape index (κ1) is 24.9. The number of anilines is 1. The van der Waals surface area contributed by atoms with Crippen LogP contribution in [0.3, 0.4) is 0 Å². The van der Waals surface area contributed by atoms with Gasteiger partial charge < -0.3 is 15.0 Å². The van der Waals surface area contributed by atoms with Crippen LogP contribution in [0.4, 0.5) is 5.69 Å². The highest BCUT2D eigenvalue weighted by molar-refractivity contribution is 8.32. The van der Waals surface area contributed by atoms with E-state index in [1.807, 2.05) is 6.29 Å². The molecule has 1 aromatic heterocycles. The van der Waals surface area contributed by atoms with Gasteiger partial charge in [0.05, 0.1) is 39.2 Å². The molecule has 5 atom stereocenters. The van der Waals surface area contributed by atoms with Crippen LogP contribution in [-0.2, 0) is 15.9 Å². The lowest BCUT2D eigenvalue weighted by atomic mass is 9.75. The Labute approximate surface area is 230 Å². The molecule has 0 radical (unpaired) electrons. The van der Waals surface area contributed by atoms with Crippen LogP contribution in [0.15, 0.2) is 23.2 Å². The number of aliphatic imine (C=N–C) groups is 1. The summed E-state index contributed by atoms with van der Waals surface area (Å²) in [5, 5.41) is 12.0. The van der Waals surface area contributed by atoms with Crippen LogP contribution < -0.4 is 10.2 Å². The molecule has 2 aromatic rings. The van der Waals surface area contributed by atoms with Crippen molar-refractivity contribution in [3.05, 3.63) is 50.4 Å². The molecule has 0 amide bonds. The van der Waals surface area contributed by atoms with Gasteiger partial charge in [0.2, 0.25) is 0 Å². The van der Waals surface area contributed by atoms with E-state index in [0.29, 0.717) is 12.0 Å². The Kier molecular flexibility index (Phi) is 5.54. The number of aliphatic hydroxyl groups excluding tert-OH is 1. The molecule has 4 bridgehead atoms. The van der Waals surface area contributed by atoms with Gasteiger partial charge in [0.1, 0.15) is 11.6 Å². The predicted octanol–water partition coefficient (Wildman–Crippen LogP) is 6.21. The fraction of sp³-hybridized carbons (Fsp3) is 0.571. The van der Waals surface area contributed by atoms with Gasteiger partial charge >= 0.3 is 0 Å². The molecule has 1 saturated heterocycles. The van der Waals surface area contributed by atoms with Gasteiger partial charge in [-0.2, -0.15) is 4.31 Å². The van der Waals surface area contributed by atoms with Crippen LogP contribution in [-0.4, -0.2) is 48.7 Å². The van der Waals surface area contributed by atoms with E-state index in [-0.39, 0.29) is 12.1 Å². The molecular weight excluding hydrogens is 541 g/mol. The van der Waals surface area contributed by atoms with Crippen LogP contribution in [0.25, 0.3) is 0 Å². The fourth-order valence-corrected chi connectivity index (χ4v) is 17.9. The molecular formula is C28H35ClN3O2PS2. The van der Waals surface area contributed by atoms with Crippen molar-refractivity contribution in [2.45, 2.75) is 88.7 Å². The number of aliphatic hydroxyl groups is 1. The lowest BCUT2D eigenvalue weighted by Crippen LogP contribution is -2.56. The predicted molar refractivity (Wildman–Crippen MR) is 158 cm³/mol. The van der Waals surface area contributed by atoms with E-state index in [0.717, 1.165) is 70.1 Å². The van der Waals surface area contributed by atoms with Crippen LogP contribution in [0, 0.1) is 6.29 Å². The molecule has 9 heteroatoms. The lowest BCUT2D eigenvalue weighted by Gasteiger charge is -2.48. The number of benzene rings is 1. The third kappa shape index (κ3) is 3.31. The first-order valence-electron chi connectivity index (χ1n) is 13.4. The second kappa shape index (κ2) is 8.22. The molecule has 1 spiro atoms. The SMILES string of the molecule is C[C@H]1CCN2c3c(cc(Cl)cc31)C1=N[CH-][P+](=S(=O)(C(C)(C)C)N3C[C@H]2CC32CCC2)c2c[c-](CO)[s+]c21. The third-order valence-corrected chi connectivity index (χ3v) is 19.9. The van der Waals surface area contributed by atoms with Crippen molar-refractivity contribution in [2.24, 2.45) is 4.99 Å². The van der Waals surface area contributed by atoms with Crippen molar-refractivity contribution in [1.29, 1.82) is 0 Å². The summed E-state index contributed by atoms with van der Waals surface area (Å²) in [5.74, 6) is 0.420. The summed E-state index contributed by atoms with van der Waals surface area (Å²) in [4.78, 5) is 9.78. The molecule has 1 aromatic carbocycles. The molecule has 1 saturated carbocycles. The molecule has 37 heavy (non-hydrogen) atoms. The van der Waals surface area contributed by atoms with E-state index in [1.165, 1.54) is 17.7 Å². The topological polar surface area (TPSA) is 56.1 Å². The smallest absolute Gasteiger partial charge is 0.160 e. The normalized spacial score (nSPS) is 32.3. The number of fused-ring (bicyclic) bond motifs is 1. The van der Waals surface area contributed by atoms with E-state index >= 15 is 4.21 Å². The average Bonchev–Trinajstić information content (AvgIpc) is 3.44. The fourth-order valence-electron chi connectivity index (χ4n) is 7.26. The minimum atomic E-state index is -2.52. The lowest BCUT2D eigenvalue weighted by molar-refractivity contribution is 0.130. The summed E-state index contributed by atoms with van der Waals surface area (Å²) in [6, 6.07) is 6.71. The van der Waals surface area contributed by atoms with Crippen LogP contribution in [0.1, 0.15) is 86.6 Å². The molecule has 198 valence electrons. The Morgan fingerprint density at radius 1 is 1.38 bits per heavy atom. The molecule has 6 aliphatic rings. The summed E-state index contributed by atoms with van der Waals surface area (Å²) < 4.78 is 17.9. The first-order chi connectivity index (χ1) is 17.6. The molecule has 3 unspecified atom stereocenters. The quantitative estimate of drug-likeness (QED) is 0.250. The molecule has 1 aliphatic carbocycles. The van der Waals surface area contributed by atoms with E-state index in [1.54, 1.807) is 11.3 Å². The Morgan fingerprint density at radius 3 is 2.84 bits per heavy atom. The zero-order valence-corrected chi connectivity index (χ0v) is 25.2. The van der Waals surface area contributed by atoms with Gasteiger partial charge in [-0.25, -0.2) is 4.21 Å². The third-order valence-electron chi connectivity index (χ3n) is 9.25. The molecule has 8 rings (SSSR count). The Bertz CT molecular complexity index is 1480. The number of rotatable bonds is 1. The summed E-state index contributed by atoms with van der Waals surface area (Å²) in [6.07, 6.45) is 7.66. The molecule has 6 heterocycles. The van der Waals surface area contributed by atoms with E-state index in [9.17, 15) is 5.11 Å². The molecule has 5 aliphatic heterocycles. The number of hydrogen-bond acceptors (Lipinski definition) is 4. The first-order valence-corrected chi connectivity index (χ1v) is 18.2. The maximum absolute atomic E-state index is 15.8. The van der Waals surface area contributed by atoms with E-state index in [2.05, 4.69) is 55.1 Å². The Balaban J connectivity index is 1.62. The molecule has 2 fully saturated rings. The van der Waals surface area contributed by atoms with Gasteiger partial charge in [0.25, 0.3) is 0 Å². The van der Waals surface area contributed by atoms with Gasteiger partial charge in [0.15, 0.2) is 9.30 Å². The molecule has 1 N–H and O–H groups in total. The average molecular weight is 576 g/mol. The highest BCUT2D eigenvalue weighted by Gasteiger charge is 2.59. The second-order valence-corrected chi connectivity index (χ2v) is 20.6. The van der Waals surface area contributed by atoms with Gasteiger partial charge in [-0.1, -0.05) is 41.9 Å². The van der Waals surface area contributed by atoms with Crippen LogP contribution >= 0.6 is 29.6 Å². The number of halogens is 1. The number of thiophene rings is 1. The monoisotopic (exact) mass is 575 g/mol. The van der Waals surface area contributed by atoms with Gasteiger partial charge in [-0.05, 0) is 70.4 Å². The van der Waals surface area contributed by atoms with Crippen molar-refractivity contribution in [3.63, 3.8) is 0 Å². The number of nitrogens with zero attached hydrogens (tertiary/aromatic N) is 3. The Hall–Kier alpha value is -1.08. The van der Waals surface area contributed by atoms with Crippen molar-refractivity contribution in [1.82, 2.24) is 4.31 Å². The van der Waals surface area contributed by atoms with Crippen LogP contribution in [0.5, 0.6) is 0 Å². The minimum absolute atomic E-state index is 0.000199. The van der Waals surface area contributed by atoms with Gasteiger partial charge in [0, 0.05) is 35.4 Å². The largest absolute Gasteiger partial charge is 0.412 e. The van der Waals surface area contributed by atoms with Gasteiger partial charge in [-0.3, -0.25) is 0 Å².